The second-order valence-electron chi connectivity index (χ2n) is 9.17. The van der Waals surface area contributed by atoms with Crippen molar-refractivity contribution in [3.63, 3.8) is 0 Å². The van der Waals surface area contributed by atoms with E-state index in [1.54, 1.807) is 37.3 Å². The minimum atomic E-state index is -1.41. The Hall–Kier alpha value is -4.52. The first-order chi connectivity index (χ1) is 18.0. The van der Waals surface area contributed by atoms with Crippen LogP contribution in [0.1, 0.15) is 40.4 Å². The number of amides is 2. The number of hydrogen-bond donors (Lipinski definition) is 2. The van der Waals surface area contributed by atoms with Gasteiger partial charge in [0.2, 0.25) is 11.8 Å². The van der Waals surface area contributed by atoms with E-state index in [0.717, 1.165) is 4.90 Å². The van der Waals surface area contributed by atoms with Gasteiger partial charge < -0.3 is 19.9 Å². The molecule has 0 saturated carbocycles. The van der Waals surface area contributed by atoms with Crippen LogP contribution in [0.2, 0.25) is 0 Å². The molecule has 10 heteroatoms. The van der Waals surface area contributed by atoms with Crippen LogP contribution in [0.15, 0.2) is 42.6 Å². The molecule has 0 spiro atoms. The van der Waals surface area contributed by atoms with Crippen LogP contribution in [-0.4, -0.2) is 56.9 Å². The molecule has 8 nitrogen and oxygen atoms in total. The van der Waals surface area contributed by atoms with Crippen molar-refractivity contribution >= 4 is 34.5 Å². The summed E-state index contributed by atoms with van der Waals surface area (Å²) < 4.78 is 30.2. The van der Waals surface area contributed by atoms with Gasteiger partial charge in [0.15, 0.2) is 5.78 Å². The number of hydrogen-bond acceptors (Lipinski definition) is 4. The third-order valence-electron chi connectivity index (χ3n) is 6.48. The summed E-state index contributed by atoms with van der Waals surface area (Å²) in [4.78, 5) is 50.3. The van der Waals surface area contributed by atoms with E-state index >= 15 is 0 Å². The molecule has 0 unspecified atom stereocenters. The van der Waals surface area contributed by atoms with E-state index < -0.39 is 35.8 Å². The van der Waals surface area contributed by atoms with E-state index in [4.69, 9.17) is 5.11 Å². The van der Waals surface area contributed by atoms with E-state index in [9.17, 15) is 28.0 Å². The summed E-state index contributed by atoms with van der Waals surface area (Å²) in [5.74, 6) is 1.41. The van der Waals surface area contributed by atoms with Gasteiger partial charge in [0.05, 0.1) is 12.1 Å². The van der Waals surface area contributed by atoms with Crippen LogP contribution < -0.4 is 5.32 Å². The standard InChI is InChI=1S/C28H25F2N3O5/c1-16-4-3-5-19(27(16)30)12-31-28(38)24-11-20(29)13-33(24)25(35)15-32-14-22(17(2)34)21-8-6-18(10-23(21)32)7-9-26(36)37/h3-6,8,10,14,20,24H,11-13,15H2,1-2H3,(H,31,38)(H,36,37)/t20-,24+/m1/s1. The number of carbonyl (C=O) groups excluding carboxylic acids is 3. The molecular weight excluding hydrogens is 496 g/mol. The highest BCUT2D eigenvalue weighted by Crippen LogP contribution is 2.26. The molecule has 2 aromatic carbocycles. The lowest BCUT2D eigenvalue weighted by Gasteiger charge is -2.24. The number of nitrogens with zero attached hydrogens (tertiary/aromatic N) is 2. The second kappa shape index (κ2) is 10.8. The van der Waals surface area contributed by atoms with Crippen molar-refractivity contribution in [2.24, 2.45) is 0 Å². The van der Waals surface area contributed by atoms with Crippen LogP contribution >= 0.6 is 0 Å². The number of aryl methyl sites for hydroxylation is 1. The molecule has 2 atom stereocenters. The van der Waals surface area contributed by atoms with Crippen molar-refractivity contribution in [1.82, 2.24) is 14.8 Å². The molecule has 2 amide bonds. The van der Waals surface area contributed by atoms with Crippen LogP contribution in [0.3, 0.4) is 0 Å². The molecule has 1 fully saturated rings. The fourth-order valence-electron chi connectivity index (χ4n) is 4.60. The first kappa shape index (κ1) is 26.5. The molecule has 3 aromatic rings. The van der Waals surface area contributed by atoms with Crippen LogP contribution in [0.5, 0.6) is 0 Å². The maximum absolute atomic E-state index is 14.4. The molecule has 1 aliphatic heterocycles. The third-order valence-corrected chi connectivity index (χ3v) is 6.48. The van der Waals surface area contributed by atoms with Crippen LogP contribution in [0, 0.1) is 24.6 Å². The van der Waals surface area contributed by atoms with Crippen molar-refractivity contribution in [2.75, 3.05) is 6.54 Å². The minimum absolute atomic E-state index is 0.105. The van der Waals surface area contributed by atoms with E-state index in [1.165, 1.54) is 23.8 Å². The topological polar surface area (TPSA) is 109 Å². The molecule has 196 valence electrons. The van der Waals surface area contributed by atoms with Crippen molar-refractivity contribution < 1.29 is 33.1 Å². The molecular formula is C28H25F2N3O5. The average Bonchev–Trinajstić information content (AvgIpc) is 3.44. The number of benzene rings is 2. The van der Waals surface area contributed by atoms with Gasteiger partial charge in [-0.1, -0.05) is 30.2 Å². The number of carboxylic acids is 1. The number of ketones is 1. The Morgan fingerprint density at radius 1 is 1.18 bits per heavy atom. The summed E-state index contributed by atoms with van der Waals surface area (Å²) in [6.07, 6.45) is -0.0938. The Morgan fingerprint density at radius 3 is 2.66 bits per heavy atom. The normalized spacial score (nSPS) is 16.7. The third kappa shape index (κ3) is 5.57. The molecule has 2 heterocycles. The number of Topliss-reactive ketones (excluding diaryl/α,β-unsaturated/α-hetero) is 1. The predicted molar refractivity (Wildman–Crippen MR) is 134 cm³/mol. The van der Waals surface area contributed by atoms with Gasteiger partial charge in [-0.3, -0.25) is 14.4 Å². The molecule has 0 radical (unpaired) electrons. The fourth-order valence-corrected chi connectivity index (χ4v) is 4.60. The highest BCUT2D eigenvalue weighted by Gasteiger charge is 2.39. The van der Waals surface area contributed by atoms with Crippen LogP contribution in [0.25, 0.3) is 10.9 Å². The molecule has 2 N–H and O–H groups in total. The Labute approximate surface area is 217 Å². The summed E-state index contributed by atoms with van der Waals surface area (Å²) in [5.41, 5.74) is 1.90. The van der Waals surface area contributed by atoms with Crippen molar-refractivity contribution in [2.45, 2.75) is 45.6 Å². The SMILES string of the molecule is CC(=O)c1cn(CC(=O)N2C[C@H](F)C[C@H]2C(=O)NCc2cccc(C)c2F)c2cc(C#CC(=O)O)ccc12. The van der Waals surface area contributed by atoms with E-state index in [-0.39, 0.29) is 37.4 Å². The summed E-state index contributed by atoms with van der Waals surface area (Å²) in [6, 6.07) is 8.49. The zero-order valence-electron chi connectivity index (χ0n) is 20.8. The average molecular weight is 522 g/mol. The Bertz CT molecular complexity index is 1520. The first-order valence-corrected chi connectivity index (χ1v) is 11.9. The number of alkyl halides is 1. The Kier molecular flexibility index (Phi) is 7.57. The summed E-state index contributed by atoms with van der Waals surface area (Å²) in [7, 11) is 0. The molecule has 1 aromatic heterocycles. The number of halogens is 2. The Balaban J connectivity index is 1.56. The lowest BCUT2D eigenvalue weighted by molar-refractivity contribution is -0.139. The molecule has 1 aliphatic rings. The summed E-state index contributed by atoms with van der Waals surface area (Å²) >= 11 is 0. The van der Waals surface area contributed by atoms with Gasteiger partial charge in [-0.15, -0.1) is 0 Å². The highest BCUT2D eigenvalue weighted by molar-refractivity contribution is 6.07. The van der Waals surface area contributed by atoms with Crippen LogP contribution in [-0.2, 0) is 27.5 Å². The maximum atomic E-state index is 14.4. The van der Waals surface area contributed by atoms with Crippen molar-refractivity contribution in [3.05, 3.63) is 70.7 Å². The van der Waals surface area contributed by atoms with Crippen molar-refractivity contribution in [3.8, 4) is 11.8 Å². The molecule has 4 rings (SSSR count). The van der Waals surface area contributed by atoms with Gasteiger partial charge in [-0.2, -0.15) is 0 Å². The molecule has 0 aliphatic carbocycles. The number of aliphatic carboxylic acids is 1. The van der Waals surface area contributed by atoms with Gasteiger partial charge >= 0.3 is 5.97 Å². The predicted octanol–water partition coefficient (Wildman–Crippen LogP) is 2.98. The summed E-state index contributed by atoms with van der Waals surface area (Å²) in [6.45, 7) is 2.32. The largest absolute Gasteiger partial charge is 0.472 e. The second-order valence-corrected chi connectivity index (χ2v) is 9.17. The number of carbonyl (C=O) groups is 4. The monoisotopic (exact) mass is 521 g/mol. The van der Waals surface area contributed by atoms with Crippen LogP contribution in [0.4, 0.5) is 8.78 Å². The number of likely N-dealkylation sites (tertiary alicyclic amines) is 1. The quantitative estimate of drug-likeness (QED) is 0.383. The van der Waals surface area contributed by atoms with Gasteiger partial charge in [0.1, 0.15) is 24.6 Å². The number of rotatable bonds is 6. The molecule has 38 heavy (non-hydrogen) atoms. The minimum Gasteiger partial charge on any atom is -0.472 e. The molecule has 0 bridgehead atoms. The number of carboxylic acid groups (broad SMARTS) is 1. The highest BCUT2D eigenvalue weighted by atomic mass is 19.1. The number of aromatic nitrogens is 1. The number of fused-ring (bicyclic) bond motifs is 1. The van der Waals surface area contributed by atoms with Gasteiger partial charge in [0, 0.05) is 47.2 Å². The van der Waals surface area contributed by atoms with Crippen molar-refractivity contribution in [1.29, 1.82) is 0 Å². The number of nitrogens with one attached hydrogen (secondary N) is 1. The van der Waals surface area contributed by atoms with Gasteiger partial charge in [-0.25, -0.2) is 13.6 Å². The fraction of sp³-hybridized carbons (Fsp3) is 0.286. The Morgan fingerprint density at radius 2 is 1.95 bits per heavy atom. The zero-order valence-corrected chi connectivity index (χ0v) is 20.8. The summed E-state index contributed by atoms with van der Waals surface area (Å²) in [5, 5.41) is 12.0. The smallest absolute Gasteiger partial charge is 0.382 e. The molecule has 1 saturated heterocycles. The van der Waals surface area contributed by atoms with E-state index in [0.29, 0.717) is 27.6 Å². The zero-order chi connectivity index (χ0) is 27.6. The van der Waals surface area contributed by atoms with Gasteiger partial charge in [-0.05, 0) is 31.5 Å². The lowest BCUT2D eigenvalue weighted by atomic mass is 10.1. The first-order valence-electron chi connectivity index (χ1n) is 11.9. The van der Waals surface area contributed by atoms with Gasteiger partial charge in [0.25, 0.3) is 0 Å². The maximum Gasteiger partial charge on any atom is 0.382 e. The lowest BCUT2D eigenvalue weighted by Crippen LogP contribution is -2.46. The van der Waals surface area contributed by atoms with E-state index in [1.807, 2.05) is 5.92 Å². The van der Waals surface area contributed by atoms with E-state index in [2.05, 4.69) is 11.2 Å².